The van der Waals surface area contributed by atoms with Crippen LogP contribution in [0, 0.1) is 13.8 Å². The Morgan fingerprint density at radius 1 is 1.04 bits per heavy atom. The van der Waals surface area contributed by atoms with Gasteiger partial charge in [-0.15, -0.1) is 0 Å². The summed E-state index contributed by atoms with van der Waals surface area (Å²) in [6, 6.07) is 13.2. The van der Waals surface area contributed by atoms with Gasteiger partial charge in [-0.25, -0.2) is 0 Å². The molecule has 0 saturated heterocycles. The van der Waals surface area contributed by atoms with Gasteiger partial charge in [0.05, 0.1) is 13.7 Å². The van der Waals surface area contributed by atoms with E-state index in [0.29, 0.717) is 25.4 Å². The van der Waals surface area contributed by atoms with E-state index < -0.39 is 0 Å². The average molecular weight is 384 g/mol. The van der Waals surface area contributed by atoms with Gasteiger partial charge in [0.15, 0.2) is 0 Å². The predicted molar refractivity (Wildman–Crippen MR) is 110 cm³/mol. The van der Waals surface area contributed by atoms with Crippen LogP contribution in [0.5, 0.6) is 11.5 Å². The Kier molecular flexibility index (Phi) is 7.87. The zero-order chi connectivity index (χ0) is 20.5. The van der Waals surface area contributed by atoms with Gasteiger partial charge in [-0.05, 0) is 55.3 Å². The van der Waals surface area contributed by atoms with E-state index in [0.717, 1.165) is 22.6 Å². The number of ether oxygens (including phenoxy) is 2. The Bertz CT molecular complexity index is 803. The molecule has 0 unspecified atom stereocenters. The monoisotopic (exact) mass is 384 g/mol. The van der Waals surface area contributed by atoms with Crippen LogP contribution in [0.2, 0.25) is 0 Å². The molecule has 2 aromatic rings. The fourth-order valence-electron chi connectivity index (χ4n) is 2.79. The number of hydrogen-bond acceptors (Lipinski definition) is 4. The largest absolute Gasteiger partial charge is 0.497 e. The summed E-state index contributed by atoms with van der Waals surface area (Å²) in [4.78, 5) is 25.8. The Balaban J connectivity index is 1.78. The van der Waals surface area contributed by atoms with Gasteiger partial charge in [0.1, 0.15) is 18.1 Å². The summed E-state index contributed by atoms with van der Waals surface area (Å²) in [5.41, 5.74) is 2.93. The molecular weight excluding hydrogens is 356 g/mol. The zero-order valence-corrected chi connectivity index (χ0v) is 17.0. The molecule has 0 aliphatic heterocycles. The molecule has 28 heavy (non-hydrogen) atoms. The average Bonchev–Trinajstić information content (AvgIpc) is 2.68. The number of carbonyl (C=O) groups excluding carboxylic acids is 2. The molecule has 1 N–H and O–H groups in total. The number of carbonyl (C=O) groups is 2. The lowest BCUT2D eigenvalue weighted by Gasteiger charge is -2.23. The van der Waals surface area contributed by atoms with Crippen LogP contribution in [0.1, 0.15) is 24.5 Å². The Hall–Kier alpha value is -3.02. The number of hydrogen-bond donors (Lipinski definition) is 1. The van der Waals surface area contributed by atoms with Crippen molar-refractivity contribution >= 4 is 17.5 Å². The number of aryl methyl sites for hydroxylation is 2. The first-order valence-electron chi connectivity index (χ1n) is 9.29. The number of benzene rings is 2. The fourth-order valence-corrected chi connectivity index (χ4v) is 2.79. The smallest absolute Gasteiger partial charge is 0.223 e. The maximum Gasteiger partial charge on any atom is 0.223 e. The summed E-state index contributed by atoms with van der Waals surface area (Å²) in [5, 5.41) is 2.82. The van der Waals surface area contributed by atoms with Crippen LogP contribution < -0.4 is 19.7 Å². The molecule has 0 radical (unpaired) electrons. The zero-order valence-electron chi connectivity index (χ0n) is 17.0. The lowest BCUT2D eigenvalue weighted by molar-refractivity contribution is -0.121. The van der Waals surface area contributed by atoms with Crippen LogP contribution in [0.3, 0.4) is 0 Å². The highest BCUT2D eigenvalue weighted by atomic mass is 16.5. The van der Waals surface area contributed by atoms with Gasteiger partial charge in [-0.1, -0.05) is 12.1 Å². The molecule has 0 fully saturated rings. The summed E-state index contributed by atoms with van der Waals surface area (Å²) >= 11 is 0. The van der Waals surface area contributed by atoms with Crippen molar-refractivity contribution in [1.29, 1.82) is 0 Å². The summed E-state index contributed by atoms with van der Waals surface area (Å²) in [7, 11) is 1.61. The van der Waals surface area contributed by atoms with Gasteiger partial charge in [0, 0.05) is 25.6 Å². The van der Waals surface area contributed by atoms with Crippen molar-refractivity contribution < 1.29 is 19.1 Å². The second-order valence-corrected chi connectivity index (χ2v) is 6.58. The number of methoxy groups -OCH3 is 1. The molecule has 0 aliphatic rings. The minimum Gasteiger partial charge on any atom is -0.497 e. The molecular formula is C22H28N2O4. The van der Waals surface area contributed by atoms with Gasteiger partial charge in [-0.2, -0.15) is 0 Å². The lowest BCUT2D eigenvalue weighted by atomic mass is 10.1. The highest BCUT2D eigenvalue weighted by Crippen LogP contribution is 2.22. The van der Waals surface area contributed by atoms with Crippen molar-refractivity contribution in [3.8, 4) is 11.5 Å². The first-order valence-corrected chi connectivity index (χ1v) is 9.29. The van der Waals surface area contributed by atoms with Crippen LogP contribution in [0.25, 0.3) is 0 Å². The van der Waals surface area contributed by atoms with E-state index in [1.54, 1.807) is 12.0 Å². The van der Waals surface area contributed by atoms with Crippen molar-refractivity contribution in [1.82, 2.24) is 5.32 Å². The molecule has 0 aromatic heterocycles. The molecule has 6 nitrogen and oxygen atoms in total. The number of rotatable bonds is 9. The normalized spacial score (nSPS) is 10.3. The van der Waals surface area contributed by atoms with E-state index >= 15 is 0 Å². The Labute approximate surface area is 166 Å². The van der Waals surface area contributed by atoms with Gasteiger partial charge in [0.2, 0.25) is 11.8 Å². The molecule has 2 amide bonds. The van der Waals surface area contributed by atoms with Crippen LogP contribution >= 0.6 is 0 Å². The van der Waals surface area contributed by atoms with Crippen LogP contribution in [-0.4, -0.2) is 38.6 Å². The Morgan fingerprint density at radius 2 is 1.71 bits per heavy atom. The van der Waals surface area contributed by atoms with Gasteiger partial charge >= 0.3 is 0 Å². The number of nitrogens with zero attached hydrogens (tertiary/aromatic N) is 1. The van der Waals surface area contributed by atoms with Gasteiger partial charge in [-0.3, -0.25) is 9.59 Å². The van der Waals surface area contributed by atoms with Crippen LogP contribution in [-0.2, 0) is 9.59 Å². The molecule has 0 bridgehead atoms. The lowest BCUT2D eigenvalue weighted by Crippen LogP contribution is -2.35. The third kappa shape index (κ3) is 6.30. The first-order chi connectivity index (χ1) is 13.4. The van der Waals surface area contributed by atoms with Crippen molar-refractivity contribution in [2.45, 2.75) is 27.2 Å². The van der Waals surface area contributed by atoms with E-state index in [9.17, 15) is 9.59 Å². The maximum atomic E-state index is 12.1. The minimum absolute atomic E-state index is 0.0793. The van der Waals surface area contributed by atoms with E-state index in [1.165, 1.54) is 6.92 Å². The molecule has 0 heterocycles. The second kappa shape index (κ2) is 10.3. The predicted octanol–water partition coefficient (Wildman–Crippen LogP) is 3.25. The molecule has 0 spiro atoms. The molecule has 6 heteroatoms. The van der Waals surface area contributed by atoms with E-state index in [4.69, 9.17) is 9.47 Å². The third-order valence-electron chi connectivity index (χ3n) is 4.35. The summed E-state index contributed by atoms with van der Waals surface area (Å²) in [6.07, 6.45) is 0.232. The number of anilines is 1. The standard InChI is InChI=1S/C22H28N2O4/c1-16-5-6-17(2)21(15-16)24(18(3)25)13-11-22(26)23-12-14-28-20-9-7-19(27-4)8-10-20/h5-10,15H,11-14H2,1-4H3,(H,23,26). The first kappa shape index (κ1) is 21.3. The summed E-state index contributed by atoms with van der Waals surface area (Å²) < 4.78 is 10.7. The van der Waals surface area contributed by atoms with Crippen molar-refractivity contribution in [3.63, 3.8) is 0 Å². The molecule has 2 aromatic carbocycles. The van der Waals surface area contributed by atoms with Crippen molar-refractivity contribution in [3.05, 3.63) is 53.6 Å². The third-order valence-corrected chi connectivity index (χ3v) is 4.35. The highest BCUT2D eigenvalue weighted by molar-refractivity contribution is 5.93. The molecule has 0 aliphatic carbocycles. The maximum absolute atomic E-state index is 12.1. The molecule has 0 saturated carbocycles. The van der Waals surface area contributed by atoms with Gasteiger partial charge < -0.3 is 19.7 Å². The van der Waals surface area contributed by atoms with Crippen LogP contribution in [0.15, 0.2) is 42.5 Å². The molecule has 150 valence electrons. The van der Waals surface area contributed by atoms with Gasteiger partial charge in [0.25, 0.3) is 0 Å². The molecule has 2 rings (SSSR count). The number of amides is 2. The van der Waals surface area contributed by atoms with Crippen molar-refractivity contribution in [2.75, 3.05) is 31.7 Å². The second-order valence-electron chi connectivity index (χ2n) is 6.58. The topological polar surface area (TPSA) is 67.9 Å². The van der Waals surface area contributed by atoms with E-state index in [-0.39, 0.29) is 18.2 Å². The SMILES string of the molecule is COc1ccc(OCCNC(=O)CCN(C(C)=O)c2cc(C)ccc2C)cc1. The van der Waals surface area contributed by atoms with E-state index in [2.05, 4.69) is 5.32 Å². The summed E-state index contributed by atoms with van der Waals surface area (Å²) in [5.74, 6) is 1.28. The summed E-state index contributed by atoms with van der Waals surface area (Å²) in [6.45, 7) is 6.56. The van der Waals surface area contributed by atoms with Crippen molar-refractivity contribution in [2.24, 2.45) is 0 Å². The molecule has 0 atom stereocenters. The number of nitrogens with one attached hydrogen (secondary N) is 1. The minimum atomic E-state index is -0.116. The quantitative estimate of drug-likeness (QED) is 0.674. The Morgan fingerprint density at radius 3 is 2.36 bits per heavy atom. The van der Waals surface area contributed by atoms with E-state index in [1.807, 2.05) is 56.3 Å². The fraction of sp³-hybridized carbons (Fsp3) is 0.364. The van der Waals surface area contributed by atoms with Crippen LogP contribution in [0.4, 0.5) is 5.69 Å². The highest BCUT2D eigenvalue weighted by Gasteiger charge is 2.15.